The Bertz CT molecular complexity index is 1050. The molecule has 0 amide bonds. The van der Waals surface area contributed by atoms with Crippen molar-refractivity contribution in [2.45, 2.75) is 6.92 Å². The Balaban J connectivity index is 0.000000659. The van der Waals surface area contributed by atoms with Crippen LogP contribution in [0.3, 0.4) is 0 Å². The van der Waals surface area contributed by atoms with Crippen molar-refractivity contribution < 1.29 is 14.0 Å². The summed E-state index contributed by atoms with van der Waals surface area (Å²) in [6, 6.07) is 26.4. The van der Waals surface area contributed by atoms with Crippen molar-refractivity contribution in [2.75, 3.05) is 0 Å². The van der Waals surface area contributed by atoms with Gasteiger partial charge in [-0.15, -0.1) is 10.2 Å². The Morgan fingerprint density at radius 2 is 1.19 bits per heavy atom. The van der Waals surface area contributed by atoms with Crippen molar-refractivity contribution >= 4 is 6.15 Å². The van der Waals surface area contributed by atoms with E-state index in [4.69, 9.17) is 14.0 Å². The van der Waals surface area contributed by atoms with Crippen LogP contribution in [0.2, 0.25) is 0 Å². The third kappa shape index (κ3) is 4.42. The lowest BCUT2D eigenvalue weighted by molar-refractivity contribution is -0.191. The first-order valence-electron chi connectivity index (χ1n) is 8.27. The number of nitrogens with zero attached hydrogens (tertiary/aromatic N) is 2. The topological polar surface area (TPSA) is 73.1 Å². The summed E-state index contributed by atoms with van der Waals surface area (Å²) in [5, 5.41) is 8.30. The smallest absolute Gasteiger partial charge is 0.373 e. The fourth-order valence-corrected chi connectivity index (χ4v) is 2.67. The molecule has 0 saturated heterocycles. The molecule has 0 N–H and O–H groups in total. The first-order chi connectivity index (χ1) is 13.2. The average Bonchev–Trinajstić information content (AvgIpc) is 3.20. The minimum Gasteiger partial charge on any atom is -0.416 e. The second-order valence-corrected chi connectivity index (χ2v) is 5.81. The summed E-state index contributed by atoms with van der Waals surface area (Å²) >= 11 is 0. The lowest BCUT2D eigenvalue weighted by Gasteiger charge is -2.03. The van der Waals surface area contributed by atoms with Gasteiger partial charge in [0.25, 0.3) is 0 Å². The molecule has 4 aromatic rings. The van der Waals surface area contributed by atoms with Crippen molar-refractivity contribution in [3.8, 4) is 34.0 Å². The number of hydrogen-bond acceptors (Lipinski definition) is 5. The Hall–Kier alpha value is -3.82. The van der Waals surface area contributed by atoms with Crippen LogP contribution in [0.25, 0.3) is 34.0 Å². The molecule has 4 rings (SSSR count). The lowest BCUT2D eigenvalue weighted by atomic mass is 10.0. The highest BCUT2D eigenvalue weighted by Crippen LogP contribution is 2.26. The van der Waals surface area contributed by atoms with Gasteiger partial charge in [-0.1, -0.05) is 60.2 Å². The molecule has 0 aliphatic heterocycles. The van der Waals surface area contributed by atoms with Crippen molar-refractivity contribution in [1.29, 1.82) is 0 Å². The summed E-state index contributed by atoms with van der Waals surface area (Å²) in [5.41, 5.74) is 5.47. The van der Waals surface area contributed by atoms with E-state index in [1.807, 2.05) is 42.5 Å². The average molecular weight is 356 g/mol. The largest absolute Gasteiger partial charge is 0.416 e. The zero-order chi connectivity index (χ0) is 19.1. The molecule has 0 fully saturated rings. The Morgan fingerprint density at radius 3 is 1.78 bits per heavy atom. The molecule has 132 valence electrons. The van der Waals surface area contributed by atoms with Crippen LogP contribution in [-0.4, -0.2) is 16.3 Å². The molecule has 0 spiro atoms. The summed E-state index contributed by atoms with van der Waals surface area (Å²) < 4.78 is 5.80. The van der Waals surface area contributed by atoms with Crippen LogP contribution in [0, 0.1) is 6.92 Å². The van der Waals surface area contributed by atoms with E-state index in [0.717, 1.165) is 11.1 Å². The van der Waals surface area contributed by atoms with E-state index in [9.17, 15) is 0 Å². The summed E-state index contributed by atoms with van der Waals surface area (Å²) in [7, 11) is 0. The number of aromatic nitrogens is 2. The van der Waals surface area contributed by atoms with Gasteiger partial charge in [-0.05, 0) is 42.3 Å². The maximum absolute atomic E-state index is 8.12. The number of rotatable bonds is 3. The number of benzene rings is 3. The van der Waals surface area contributed by atoms with Gasteiger partial charge in [0.05, 0.1) is 0 Å². The molecule has 0 aliphatic rings. The fourth-order valence-electron chi connectivity index (χ4n) is 2.67. The molecule has 0 unspecified atom stereocenters. The van der Waals surface area contributed by atoms with E-state index in [0.29, 0.717) is 11.8 Å². The highest BCUT2D eigenvalue weighted by Gasteiger charge is 2.10. The van der Waals surface area contributed by atoms with Gasteiger partial charge in [-0.2, -0.15) is 9.59 Å². The monoisotopic (exact) mass is 356 g/mol. The summed E-state index contributed by atoms with van der Waals surface area (Å²) in [6.07, 6.45) is 0.250. The Kier molecular flexibility index (Phi) is 5.67. The second kappa shape index (κ2) is 8.52. The number of aryl methyl sites for hydroxylation is 1. The van der Waals surface area contributed by atoms with Crippen LogP contribution >= 0.6 is 0 Å². The Morgan fingerprint density at radius 1 is 0.667 bits per heavy atom. The lowest BCUT2D eigenvalue weighted by Crippen LogP contribution is -1.81. The van der Waals surface area contributed by atoms with Gasteiger partial charge in [-0.3, -0.25) is 0 Å². The first-order valence-corrected chi connectivity index (χ1v) is 8.27. The predicted molar refractivity (Wildman–Crippen MR) is 100 cm³/mol. The maximum atomic E-state index is 8.12. The molecule has 0 saturated carbocycles. The SMILES string of the molecule is Cc1cccc(-c2ccc(-c3nnc(-c4ccccc4)o3)cc2)c1.O=C=O. The standard InChI is InChI=1S/C21H16N2O.CO2/c1-15-6-5-9-19(14-15)16-10-12-18(13-11-16)21-23-22-20(24-21)17-7-3-2-4-8-17;2-1-3/h2-14H,1H3;. The zero-order valence-electron chi connectivity index (χ0n) is 14.6. The van der Waals surface area contributed by atoms with Gasteiger partial charge < -0.3 is 4.42 Å². The van der Waals surface area contributed by atoms with E-state index >= 15 is 0 Å². The van der Waals surface area contributed by atoms with Gasteiger partial charge in [-0.25, -0.2) is 0 Å². The maximum Gasteiger partial charge on any atom is 0.373 e. The van der Waals surface area contributed by atoms with E-state index < -0.39 is 0 Å². The molecule has 0 atom stereocenters. The number of carbonyl (C=O) groups excluding carboxylic acids is 2. The fraction of sp³-hybridized carbons (Fsp3) is 0.0455. The molecular formula is C22H16N2O3. The van der Waals surface area contributed by atoms with Crippen LogP contribution in [0.1, 0.15) is 5.56 Å². The minimum atomic E-state index is 0.250. The van der Waals surface area contributed by atoms with Crippen LogP contribution in [0.5, 0.6) is 0 Å². The van der Waals surface area contributed by atoms with Gasteiger partial charge in [0, 0.05) is 11.1 Å². The van der Waals surface area contributed by atoms with Crippen LogP contribution in [0.15, 0.2) is 83.3 Å². The quantitative estimate of drug-likeness (QED) is 0.527. The molecule has 3 aromatic carbocycles. The summed E-state index contributed by atoms with van der Waals surface area (Å²) in [6.45, 7) is 2.10. The van der Waals surface area contributed by atoms with Crippen LogP contribution in [0.4, 0.5) is 0 Å². The molecule has 1 heterocycles. The van der Waals surface area contributed by atoms with Crippen LogP contribution < -0.4 is 0 Å². The van der Waals surface area contributed by atoms with Gasteiger partial charge >= 0.3 is 6.15 Å². The van der Waals surface area contributed by atoms with E-state index in [2.05, 4.69) is 53.5 Å². The first kappa shape index (κ1) is 18.0. The van der Waals surface area contributed by atoms with Crippen molar-refractivity contribution in [1.82, 2.24) is 10.2 Å². The van der Waals surface area contributed by atoms with Crippen LogP contribution in [-0.2, 0) is 9.59 Å². The van der Waals surface area contributed by atoms with Gasteiger partial charge in [0.2, 0.25) is 11.8 Å². The molecule has 27 heavy (non-hydrogen) atoms. The van der Waals surface area contributed by atoms with Crippen molar-refractivity contribution in [3.05, 3.63) is 84.4 Å². The highest BCUT2D eigenvalue weighted by atomic mass is 16.4. The molecule has 0 bridgehead atoms. The molecule has 5 heteroatoms. The second-order valence-electron chi connectivity index (χ2n) is 5.81. The Labute approximate surface area is 156 Å². The predicted octanol–water partition coefficient (Wildman–Crippen LogP) is 4.80. The molecule has 0 radical (unpaired) electrons. The molecule has 5 nitrogen and oxygen atoms in total. The third-order valence-electron chi connectivity index (χ3n) is 3.93. The zero-order valence-corrected chi connectivity index (χ0v) is 14.6. The highest BCUT2D eigenvalue weighted by molar-refractivity contribution is 5.68. The normalized spacial score (nSPS) is 9.81. The van der Waals surface area contributed by atoms with E-state index in [-0.39, 0.29) is 6.15 Å². The van der Waals surface area contributed by atoms with E-state index in [1.165, 1.54) is 16.7 Å². The van der Waals surface area contributed by atoms with Gasteiger partial charge in [0.1, 0.15) is 0 Å². The van der Waals surface area contributed by atoms with Crippen molar-refractivity contribution in [2.24, 2.45) is 0 Å². The van der Waals surface area contributed by atoms with Crippen molar-refractivity contribution in [3.63, 3.8) is 0 Å². The number of hydrogen-bond donors (Lipinski definition) is 0. The van der Waals surface area contributed by atoms with Gasteiger partial charge in [0.15, 0.2) is 0 Å². The molecular weight excluding hydrogens is 340 g/mol. The summed E-state index contributed by atoms with van der Waals surface area (Å²) in [4.78, 5) is 16.2. The van der Waals surface area contributed by atoms with E-state index in [1.54, 1.807) is 0 Å². The summed E-state index contributed by atoms with van der Waals surface area (Å²) in [5.74, 6) is 1.07. The third-order valence-corrected chi connectivity index (χ3v) is 3.93. The molecule has 1 aromatic heterocycles. The minimum absolute atomic E-state index is 0.250. The molecule has 0 aliphatic carbocycles.